The molecule has 0 atom stereocenters. The molecule has 1 fully saturated rings. The van der Waals surface area contributed by atoms with E-state index in [1.807, 2.05) is 11.0 Å². The minimum absolute atomic E-state index is 0.205. The maximum Gasteiger partial charge on any atom is 0.223 e. The van der Waals surface area contributed by atoms with E-state index in [0.717, 1.165) is 38.9 Å². The van der Waals surface area contributed by atoms with Crippen LogP contribution in [-0.2, 0) is 4.79 Å². The summed E-state index contributed by atoms with van der Waals surface area (Å²) in [5, 5.41) is 3.34. The number of halogens is 1. The SMILES string of the molecule is CCCN(C(=O)CCSc1ccccc1F)C1CCNCC1. The molecule has 1 aliphatic rings. The van der Waals surface area contributed by atoms with Gasteiger partial charge in [0.05, 0.1) is 0 Å². The molecule has 0 aromatic heterocycles. The number of hydrogen-bond acceptors (Lipinski definition) is 3. The second-order valence-electron chi connectivity index (χ2n) is 5.60. The summed E-state index contributed by atoms with van der Waals surface area (Å²) >= 11 is 1.42. The number of nitrogens with zero attached hydrogens (tertiary/aromatic N) is 1. The summed E-state index contributed by atoms with van der Waals surface area (Å²) in [6, 6.07) is 7.10. The summed E-state index contributed by atoms with van der Waals surface area (Å²) in [5.41, 5.74) is 0. The molecule has 0 aliphatic carbocycles. The number of carbonyl (C=O) groups excluding carboxylic acids is 1. The Balaban J connectivity index is 1.84. The predicted molar refractivity (Wildman–Crippen MR) is 89.6 cm³/mol. The van der Waals surface area contributed by atoms with Gasteiger partial charge in [-0.05, 0) is 44.5 Å². The second-order valence-corrected chi connectivity index (χ2v) is 6.73. The van der Waals surface area contributed by atoms with E-state index in [2.05, 4.69) is 12.2 Å². The van der Waals surface area contributed by atoms with Gasteiger partial charge in [0.25, 0.3) is 0 Å². The standard InChI is InChI=1S/C17H25FN2OS/c1-2-12-20(14-7-10-19-11-8-14)17(21)9-13-22-16-6-4-3-5-15(16)18/h3-6,14,19H,2,7-13H2,1H3. The van der Waals surface area contributed by atoms with E-state index < -0.39 is 0 Å². The molecule has 22 heavy (non-hydrogen) atoms. The zero-order valence-corrected chi connectivity index (χ0v) is 14.0. The molecule has 0 unspecified atom stereocenters. The maximum atomic E-state index is 13.6. The Hall–Kier alpha value is -1.07. The molecule has 0 saturated carbocycles. The smallest absolute Gasteiger partial charge is 0.223 e. The van der Waals surface area contributed by atoms with Crippen LogP contribution in [0.2, 0.25) is 0 Å². The third kappa shape index (κ3) is 4.99. The van der Waals surface area contributed by atoms with Gasteiger partial charge in [0, 0.05) is 29.7 Å². The molecule has 122 valence electrons. The summed E-state index contributed by atoms with van der Waals surface area (Å²) in [6.07, 6.45) is 3.53. The highest BCUT2D eigenvalue weighted by Gasteiger charge is 2.24. The first-order valence-electron chi connectivity index (χ1n) is 8.10. The number of rotatable bonds is 7. The normalized spacial score (nSPS) is 15.7. The first kappa shape index (κ1) is 17.3. The number of thioether (sulfide) groups is 1. The fourth-order valence-corrected chi connectivity index (χ4v) is 3.70. The van der Waals surface area contributed by atoms with Crippen LogP contribution in [0.4, 0.5) is 4.39 Å². The highest BCUT2D eigenvalue weighted by Crippen LogP contribution is 2.22. The Kier molecular flexibility index (Phi) is 7.19. The summed E-state index contributed by atoms with van der Waals surface area (Å²) in [7, 11) is 0. The van der Waals surface area contributed by atoms with Crippen LogP contribution in [-0.4, -0.2) is 42.2 Å². The van der Waals surface area contributed by atoms with Gasteiger partial charge >= 0.3 is 0 Å². The lowest BCUT2D eigenvalue weighted by Gasteiger charge is -2.34. The average Bonchev–Trinajstić information content (AvgIpc) is 2.55. The quantitative estimate of drug-likeness (QED) is 0.781. The molecule has 3 nitrogen and oxygen atoms in total. The molecule has 1 N–H and O–H groups in total. The molecule has 0 radical (unpaired) electrons. The predicted octanol–water partition coefficient (Wildman–Crippen LogP) is 3.30. The highest BCUT2D eigenvalue weighted by atomic mass is 32.2. The fourth-order valence-electron chi connectivity index (χ4n) is 2.82. The van der Waals surface area contributed by atoms with Gasteiger partial charge in [-0.15, -0.1) is 11.8 Å². The number of hydrogen-bond donors (Lipinski definition) is 1. The van der Waals surface area contributed by atoms with Gasteiger partial charge in [0.2, 0.25) is 5.91 Å². The molecule has 1 aromatic carbocycles. The summed E-state index contributed by atoms with van der Waals surface area (Å²) in [4.78, 5) is 15.2. The van der Waals surface area contributed by atoms with Crippen LogP contribution >= 0.6 is 11.8 Å². The number of amides is 1. The van der Waals surface area contributed by atoms with Crippen molar-refractivity contribution >= 4 is 17.7 Å². The first-order valence-corrected chi connectivity index (χ1v) is 9.08. The molecular weight excluding hydrogens is 299 g/mol. The number of benzene rings is 1. The fraction of sp³-hybridized carbons (Fsp3) is 0.588. The Morgan fingerprint density at radius 1 is 1.36 bits per heavy atom. The summed E-state index contributed by atoms with van der Waals surface area (Å²) in [5.74, 6) is 0.631. The van der Waals surface area contributed by atoms with Crippen molar-refractivity contribution in [2.45, 2.75) is 43.5 Å². The minimum Gasteiger partial charge on any atom is -0.340 e. The Labute approximate surface area is 136 Å². The number of carbonyl (C=O) groups is 1. The van der Waals surface area contributed by atoms with E-state index in [1.165, 1.54) is 17.8 Å². The van der Waals surface area contributed by atoms with Crippen LogP contribution in [0.3, 0.4) is 0 Å². The van der Waals surface area contributed by atoms with Crippen molar-refractivity contribution in [2.75, 3.05) is 25.4 Å². The summed E-state index contributed by atoms with van der Waals surface area (Å²) < 4.78 is 13.6. The second kappa shape index (κ2) is 9.16. The van der Waals surface area contributed by atoms with Gasteiger partial charge in [-0.25, -0.2) is 4.39 Å². The lowest BCUT2D eigenvalue weighted by molar-refractivity contribution is -0.133. The van der Waals surface area contributed by atoms with Crippen LogP contribution in [0, 0.1) is 5.82 Å². The van der Waals surface area contributed by atoms with E-state index in [9.17, 15) is 9.18 Å². The monoisotopic (exact) mass is 324 g/mol. The van der Waals surface area contributed by atoms with Crippen molar-refractivity contribution in [1.29, 1.82) is 0 Å². The Morgan fingerprint density at radius 3 is 2.77 bits per heavy atom. The van der Waals surface area contributed by atoms with Gasteiger partial charge in [-0.1, -0.05) is 19.1 Å². The Bertz CT molecular complexity index is 477. The Morgan fingerprint density at radius 2 is 2.09 bits per heavy atom. The highest BCUT2D eigenvalue weighted by molar-refractivity contribution is 7.99. The van der Waals surface area contributed by atoms with Crippen LogP contribution in [0.5, 0.6) is 0 Å². The van der Waals surface area contributed by atoms with Crippen LogP contribution in [0.1, 0.15) is 32.6 Å². The topological polar surface area (TPSA) is 32.3 Å². The molecule has 1 aliphatic heterocycles. The molecule has 1 amide bonds. The third-order valence-electron chi connectivity index (χ3n) is 3.94. The van der Waals surface area contributed by atoms with Crippen LogP contribution in [0.15, 0.2) is 29.2 Å². The van der Waals surface area contributed by atoms with Gasteiger partial charge in [0.1, 0.15) is 5.82 Å². The van der Waals surface area contributed by atoms with E-state index in [0.29, 0.717) is 23.1 Å². The van der Waals surface area contributed by atoms with Crippen molar-refractivity contribution in [3.05, 3.63) is 30.1 Å². The molecule has 0 spiro atoms. The average molecular weight is 324 g/mol. The molecule has 1 heterocycles. The van der Waals surface area contributed by atoms with Crippen molar-refractivity contribution in [3.8, 4) is 0 Å². The van der Waals surface area contributed by atoms with Crippen molar-refractivity contribution in [1.82, 2.24) is 10.2 Å². The third-order valence-corrected chi connectivity index (χ3v) is 4.99. The van der Waals surface area contributed by atoms with Gasteiger partial charge in [-0.3, -0.25) is 4.79 Å². The molecule has 2 rings (SSSR count). The zero-order valence-electron chi connectivity index (χ0n) is 13.2. The van der Waals surface area contributed by atoms with Gasteiger partial charge in [0.15, 0.2) is 0 Å². The molecule has 0 bridgehead atoms. The molecule has 5 heteroatoms. The summed E-state index contributed by atoms with van der Waals surface area (Å²) in [6.45, 7) is 4.91. The van der Waals surface area contributed by atoms with Crippen molar-refractivity contribution in [2.24, 2.45) is 0 Å². The van der Waals surface area contributed by atoms with E-state index in [4.69, 9.17) is 0 Å². The van der Waals surface area contributed by atoms with Crippen LogP contribution in [0.25, 0.3) is 0 Å². The zero-order chi connectivity index (χ0) is 15.8. The van der Waals surface area contributed by atoms with Crippen molar-refractivity contribution in [3.63, 3.8) is 0 Å². The molecule has 1 aromatic rings. The number of nitrogens with one attached hydrogen (secondary N) is 1. The van der Waals surface area contributed by atoms with E-state index in [1.54, 1.807) is 12.1 Å². The molecule has 1 saturated heterocycles. The van der Waals surface area contributed by atoms with Gasteiger partial charge < -0.3 is 10.2 Å². The minimum atomic E-state index is -0.205. The first-order chi connectivity index (χ1) is 10.7. The lowest BCUT2D eigenvalue weighted by atomic mass is 10.0. The van der Waals surface area contributed by atoms with Crippen LogP contribution < -0.4 is 5.32 Å². The molecular formula is C17H25FN2OS. The van der Waals surface area contributed by atoms with Gasteiger partial charge in [-0.2, -0.15) is 0 Å². The van der Waals surface area contributed by atoms with Crippen molar-refractivity contribution < 1.29 is 9.18 Å². The number of piperidine rings is 1. The van der Waals surface area contributed by atoms with E-state index in [-0.39, 0.29) is 11.7 Å². The lowest BCUT2D eigenvalue weighted by Crippen LogP contribution is -2.46. The maximum absolute atomic E-state index is 13.6. The van der Waals surface area contributed by atoms with E-state index >= 15 is 0 Å². The largest absolute Gasteiger partial charge is 0.340 e.